The molecule has 8 nitrogen and oxygen atoms in total. The van der Waals surface area contributed by atoms with Gasteiger partial charge >= 0.3 is 5.97 Å². The molecule has 2 N–H and O–H groups in total. The second-order valence-corrected chi connectivity index (χ2v) is 7.51. The molecule has 1 aliphatic rings. The number of anilines is 1. The molecule has 0 aliphatic carbocycles. The highest BCUT2D eigenvalue weighted by atomic mass is 32.2. The number of carboxylic acids is 1. The number of sulfonamides is 1. The molecule has 1 saturated heterocycles. The maximum atomic E-state index is 12.2. The molecule has 10 heteroatoms. The van der Waals surface area contributed by atoms with Crippen molar-refractivity contribution in [1.82, 2.24) is 8.68 Å². The second kappa shape index (κ2) is 5.70. The molecule has 1 aromatic rings. The fourth-order valence-corrected chi connectivity index (χ4v) is 4.22. The maximum absolute atomic E-state index is 12.2. The fourth-order valence-electron chi connectivity index (χ4n) is 2.30. The lowest BCUT2D eigenvalue weighted by atomic mass is 10.2. The van der Waals surface area contributed by atoms with Crippen LogP contribution in [0.1, 0.15) is 28.9 Å². The minimum absolute atomic E-state index is 0.0581. The van der Waals surface area contributed by atoms with Crippen molar-refractivity contribution >= 4 is 38.4 Å². The Bertz CT molecular complexity index is 682. The molecular formula is C11H15N3O5S2. The van der Waals surface area contributed by atoms with E-state index in [4.69, 9.17) is 5.11 Å². The number of amides is 1. The van der Waals surface area contributed by atoms with E-state index in [0.717, 1.165) is 22.1 Å². The summed E-state index contributed by atoms with van der Waals surface area (Å²) in [5.41, 5.74) is 0.256. The first-order valence-corrected chi connectivity index (χ1v) is 8.81. The number of carboxylic acid groups (broad SMARTS) is 1. The highest BCUT2D eigenvalue weighted by molar-refractivity contribution is 7.88. The second-order valence-electron chi connectivity index (χ2n) is 4.80. The van der Waals surface area contributed by atoms with Crippen LogP contribution in [0.4, 0.5) is 5.00 Å². The first-order valence-electron chi connectivity index (χ1n) is 6.19. The number of nitrogens with zero attached hydrogens (tertiary/aromatic N) is 2. The molecule has 1 fully saturated rings. The minimum Gasteiger partial charge on any atom is -0.478 e. The molecule has 1 atom stereocenters. The fraction of sp³-hybridized carbons (Fsp3) is 0.545. The first kappa shape index (κ1) is 15.9. The van der Waals surface area contributed by atoms with Gasteiger partial charge in [-0.3, -0.25) is 4.79 Å². The Morgan fingerprint density at radius 3 is 2.71 bits per heavy atom. The van der Waals surface area contributed by atoms with Gasteiger partial charge in [-0.05, 0) is 31.3 Å². The van der Waals surface area contributed by atoms with Gasteiger partial charge in [-0.2, -0.15) is 8.68 Å². The summed E-state index contributed by atoms with van der Waals surface area (Å²) in [4.78, 5) is 23.4. The summed E-state index contributed by atoms with van der Waals surface area (Å²) in [6.45, 7) is 1.83. The number of carbonyl (C=O) groups is 2. The van der Waals surface area contributed by atoms with Gasteiger partial charge in [0.25, 0.3) is 0 Å². The van der Waals surface area contributed by atoms with E-state index in [-0.39, 0.29) is 10.6 Å². The molecule has 0 saturated carbocycles. The quantitative estimate of drug-likeness (QED) is 0.829. The van der Waals surface area contributed by atoms with Gasteiger partial charge in [0.1, 0.15) is 16.6 Å². The van der Waals surface area contributed by atoms with E-state index in [9.17, 15) is 18.0 Å². The van der Waals surface area contributed by atoms with Gasteiger partial charge in [0, 0.05) is 6.54 Å². The molecule has 0 bridgehead atoms. The van der Waals surface area contributed by atoms with Crippen LogP contribution in [0.3, 0.4) is 0 Å². The van der Waals surface area contributed by atoms with Crippen LogP contribution in [-0.2, 0) is 14.8 Å². The predicted octanol–water partition coefficient (Wildman–Crippen LogP) is 0.512. The highest BCUT2D eigenvalue weighted by Crippen LogP contribution is 2.27. The molecule has 21 heavy (non-hydrogen) atoms. The molecule has 1 aromatic heterocycles. The summed E-state index contributed by atoms with van der Waals surface area (Å²) >= 11 is 0.870. The number of hydrogen-bond acceptors (Lipinski definition) is 6. The van der Waals surface area contributed by atoms with Crippen molar-refractivity contribution in [2.45, 2.75) is 25.8 Å². The molecule has 2 rings (SSSR count). The number of rotatable bonds is 4. The monoisotopic (exact) mass is 333 g/mol. The summed E-state index contributed by atoms with van der Waals surface area (Å²) in [6, 6.07) is -0.802. The molecule has 116 valence electrons. The SMILES string of the molecule is Cc1nsc(NC(=O)C2CCCN2S(C)(=O)=O)c1C(=O)O. The van der Waals surface area contributed by atoms with Crippen LogP contribution in [-0.4, -0.2) is 52.9 Å². The van der Waals surface area contributed by atoms with Crippen LogP contribution in [0.25, 0.3) is 0 Å². The zero-order valence-electron chi connectivity index (χ0n) is 11.5. The van der Waals surface area contributed by atoms with Crippen LogP contribution in [0.2, 0.25) is 0 Å². The Balaban J connectivity index is 2.21. The van der Waals surface area contributed by atoms with Crippen molar-refractivity contribution < 1.29 is 23.1 Å². The number of hydrogen-bond donors (Lipinski definition) is 2. The van der Waals surface area contributed by atoms with Gasteiger partial charge in [-0.25, -0.2) is 13.2 Å². The van der Waals surface area contributed by atoms with Crippen LogP contribution >= 0.6 is 11.5 Å². The van der Waals surface area contributed by atoms with E-state index >= 15 is 0 Å². The van der Waals surface area contributed by atoms with E-state index in [1.165, 1.54) is 6.92 Å². The number of nitrogens with one attached hydrogen (secondary N) is 1. The smallest absolute Gasteiger partial charge is 0.340 e. The molecular weight excluding hydrogens is 318 g/mol. The average Bonchev–Trinajstić information content (AvgIpc) is 2.95. The van der Waals surface area contributed by atoms with Gasteiger partial charge in [-0.1, -0.05) is 0 Å². The van der Waals surface area contributed by atoms with Crippen LogP contribution in [0, 0.1) is 6.92 Å². The van der Waals surface area contributed by atoms with Crippen molar-refractivity contribution in [2.24, 2.45) is 0 Å². The van der Waals surface area contributed by atoms with Crippen molar-refractivity contribution in [2.75, 3.05) is 18.1 Å². The summed E-state index contributed by atoms with van der Waals surface area (Å²) in [5.74, 6) is -1.70. The number of aromatic nitrogens is 1. The first-order chi connectivity index (χ1) is 9.71. The van der Waals surface area contributed by atoms with Crippen LogP contribution in [0.5, 0.6) is 0 Å². The molecule has 1 unspecified atom stereocenters. The third-order valence-electron chi connectivity index (χ3n) is 3.25. The van der Waals surface area contributed by atoms with E-state index in [2.05, 4.69) is 9.69 Å². The molecule has 0 aromatic carbocycles. The van der Waals surface area contributed by atoms with Crippen LogP contribution in [0.15, 0.2) is 0 Å². The molecule has 2 heterocycles. The number of aromatic carboxylic acids is 1. The normalized spacial score (nSPS) is 19.6. The lowest BCUT2D eigenvalue weighted by Gasteiger charge is -2.20. The zero-order chi connectivity index (χ0) is 15.8. The predicted molar refractivity (Wildman–Crippen MR) is 77.0 cm³/mol. The van der Waals surface area contributed by atoms with Gasteiger partial charge in [0.15, 0.2) is 0 Å². The Hall–Kier alpha value is -1.52. The average molecular weight is 333 g/mol. The third-order valence-corrected chi connectivity index (χ3v) is 5.39. The van der Waals surface area contributed by atoms with E-state index in [1.807, 2.05) is 0 Å². The molecule has 0 spiro atoms. The Morgan fingerprint density at radius 2 is 2.14 bits per heavy atom. The minimum atomic E-state index is -3.47. The van der Waals surface area contributed by atoms with Crippen molar-refractivity contribution in [3.63, 3.8) is 0 Å². The van der Waals surface area contributed by atoms with Crippen LogP contribution < -0.4 is 5.32 Å². The third kappa shape index (κ3) is 3.22. The van der Waals surface area contributed by atoms with Crippen molar-refractivity contribution in [3.8, 4) is 0 Å². The van der Waals surface area contributed by atoms with E-state index in [0.29, 0.717) is 25.1 Å². The highest BCUT2D eigenvalue weighted by Gasteiger charge is 2.37. The van der Waals surface area contributed by atoms with Crippen molar-refractivity contribution in [3.05, 3.63) is 11.3 Å². The summed E-state index contributed by atoms with van der Waals surface area (Å²) < 4.78 is 28.3. The summed E-state index contributed by atoms with van der Waals surface area (Å²) in [6.07, 6.45) is 2.07. The number of carbonyl (C=O) groups excluding carboxylic acids is 1. The van der Waals surface area contributed by atoms with Gasteiger partial charge in [0.05, 0.1) is 11.9 Å². The Kier molecular flexibility index (Phi) is 4.30. The lowest BCUT2D eigenvalue weighted by molar-refractivity contribution is -0.119. The topological polar surface area (TPSA) is 117 Å². The molecule has 1 amide bonds. The standard InChI is InChI=1S/C11H15N3O5S2/c1-6-8(11(16)17)10(20-13-6)12-9(15)7-4-3-5-14(7)21(2,18)19/h7H,3-5H2,1-2H3,(H,12,15)(H,16,17). The molecule has 1 aliphatic heterocycles. The summed E-state index contributed by atoms with van der Waals surface area (Å²) in [7, 11) is -3.47. The Labute approximate surface area is 126 Å². The van der Waals surface area contributed by atoms with Gasteiger partial charge < -0.3 is 10.4 Å². The number of aryl methyl sites for hydroxylation is 1. The zero-order valence-corrected chi connectivity index (χ0v) is 13.1. The van der Waals surface area contributed by atoms with E-state index in [1.54, 1.807) is 0 Å². The van der Waals surface area contributed by atoms with Gasteiger partial charge in [0.2, 0.25) is 15.9 Å². The largest absolute Gasteiger partial charge is 0.478 e. The van der Waals surface area contributed by atoms with Gasteiger partial charge in [-0.15, -0.1) is 0 Å². The maximum Gasteiger partial charge on any atom is 0.340 e. The lowest BCUT2D eigenvalue weighted by Crippen LogP contribution is -2.42. The van der Waals surface area contributed by atoms with E-state index < -0.39 is 27.9 Å². The summed E-state index contributed by atoms with van der Waals surface area (Å²) in [5, 5.41) is 11.7. The van der Waals surface area contributed by atoms with Crippen molar-refractivity contribution in [1.29, 1.82) is 0 Å². The molecule has 0 radical (unpaired) electrons. The Morgan fingerprint density at radius 1 is 1.48 bits per heavy atom.